The van der Waals surface area contributed by atoms with Gasteiger partial charge in [0, 0.05) is 12.1 Å². The molecule has 1 N–H and O–H groups in total. The number of amides is 1. The Morgan fingerprint density at radius 1 is 1.33 bits per heavy atom. The fourth-order valence-corrected chi connectivity index (χ4v) is 2.59. The number of hydrazine groups is 1. The van der Waals surface area contributed by atoms with Crippen LogP contribution in [0.15, 0.2) is 24.3 Å². The molecule has 1 saturated heterocycles. The SMILES string of the molecule is C[C@H]1CCC[C@H](C)N1NC(=O)COc1ccc(C#N)cc1. The van der Waals surface area contributed by atoms with Crippen LogP contribution in [0.2, 0.25) is 0 Å². The fourth-order valence-electron chi connectivity index (χ4n) is 2.59. The molecule has 1 aliphatic rings. The molecule has 0 unspecified atom stereocenters. The zero-order valence-corrected chi connectivity index (χ0v) is 12.5. The maximum absolute atomic E-state index is 12.0. The summed E-state index contributed by atoms with van der Waals surface area (Å²) in [6.07, 6.45) is 3.40. The van der Waals surface area contributed by atoms with Crippen LogP contribution in [0, 0.1) is 11.3 Å². The van der Waals surface area contributed by atoms with E-state index in [1.165, 1.54) is 6.42 Å². The molecule has 1 aromatic rings. The molecule has 1 aromatic carbocycles. The maximum atomic E-state index is 12.0. The number of hydrogen-bond donors (Lipinski definition) is 1. The number of nitrogens with zero attached hydrogens (tertiary/aromatic N) is 2. The van der Waals surface area contributed by atoms with Gasteiger partial charge in [-0.15, -0.1) is 0 Å². The summed E-state index contributed by atoms with van der Waals surface area (Å²) in [7, 11) is 0. The van der Waals surface area contributed by atoms with Crippen LogP contribution in [0.3, 0.4) is 0 Å². The highest BCUT2D eigenvalue weighted by Gasteiger charge is 2.26. The van der Waals surface area contributed by atoms with Crippen molar-refractivity contribution >= 4 is 5.91 Å². The minimum absolute atomic E-state index is 0.0260. The number of benzene rings is 1. The van der Waals surface area contributed by atoms with E-state index in [0.717, 1.165) is 12.8 Å². The van der Waals surface area contributed by atoms with Crippen molar-refractivity contribution < 1.29 is 9.53 Å². The molecule has 1 aliphatic heterocycles. The van der Waals surface area contributed by atoms with E-state index < -0.39 is 0 Å². The van der Waals surface area contributed by atoms with Crippen LogP contribution < -0.4 is 10.2 Å². The minimum Gasteiger partial charge on any atom is -0.484 e. The number of rotatable bonds is 4. The van der Waals surface area contributed by atoms with Crippen molar-refractivity contribution in [1.29, 1.82) is 5.26 Å². The van der Waals surface area contributed by atoms with Crippen LogP contribution in [-0.4, -0.2) is 29.6 Å². The quantitative estimate of drug-likeness (QED) is 0.922. The molecular weight excluding hydrogens is 266 g/mol. The third-order valence-electron chi connectivity index (χ3n) is 3.80. The number of nitrogens with one attached hydrogen (secondary N) is 1. The van der Waals surface area contributed by atoms with Crippen LogP contribution in [0.4, 0.5) is 0 Å². The fraction of sp³-hybridized carbons (Fsp3) is 0.500. The maximum Gasteiger partial charge on any atom is 0.272 e. The van der Waals surface area contributed by atoms with Gasteiger partial charge in [-0.3, -0.25) is 10.2 Å². The number of carbonyl (C=O) groups is 1. The monoisotopic (exact) mass is 287 g/mol. The van der Waals surface area contributed by atoms with Gasteiger partial charge in [-0.25, -0.2) is 5.01 Å². The lowest BCUT2D eigenvalue weighted by Crippen LogP contribution is -2.55. The van der Waals surface area contributed by atoms with E-state index >= 15 is 0 Å². The van der Waals surface area contributed by atoms with Crippen LogP contribution in [0.1, 0.15) is 38.7 Å². The number of piperidine rings is 1. The van der Waals surface area contributed by atoms with Crippen molar-refractivity contribution in [2.45, 2.75) is 45.2 Å². The zero-order valence-electron chi connectivity index (χ0n) is 12.5. The lowest BCUT2D eigenvalue weighted by Gasteiger charge is -2.38. The van der Waals surface area contributed by atoms with E-state index in [-0.39, 0.29) is 12.5 Å². The second-order valence-corrected chi connectivity index (χ2v) is 5.50. The summed E-state index contributed by atoms with van der Waals surface area (Å²) < 4.78 is 5.43. The summed E-state index contributed by atoms with van der Waals surface area (Å²) in [6.45, 7) is 4.22. The zero-order chi connectivity index (χ0) is 15.2. The summed E-state index contributed by atoms with van der Waals surface area (Å²) in [6, 6.07) is 9.47. The van der Waals surface area contributed by atoms with Gasteiger partial charge >= 0.3 is 0 Å². The van der Waals surface area contributed by atoms with Gasteiger partial charge in [0.15, 0.2) is 6.61 Å². The molecule has 0 bridgehead atoms. The molecule has 0 spiro atoms. The summed E-state index contributed by atoms with van der Waals surface area (Å²) >= 11 is 0. The normalized spacial score (nSPS) is 22.3. The molecule has 21 heavy (non-hydrogen) atoms. The molecule has 2 rings (SSSR count). The molecule has 5 nitrogen and oxygen atoms in total. The summed E-state index contributed by atoms with van der Waals surface area (Å²) in [5, 5.41) is 10.7. The van der Waals surface area contributed by atoms with Gasteiger partial charge in [0.25, 0.3) is 5.91 Å². The topological polar surface area (TPSA) is 65.4 Å². The first-order chi connectivity index (χ1) is 10.1. The molecule has 2 atom stereocenters. The Kier molecular flexibility index (Phi) is 5.18. The Morgan fingerprint density at radius 3 is 2.52 bits per heavy atom. The van der Waals surface area contributed by atoms with Crippen LogP contribution in [-0.2, 0) is 4.79 Å². The van der Waals surface area contributed by atoms with Gasteiger partial charge in [-0.1, -0.05) is 6.42 Å². The van der Waals surface area contributed by atoms with Crippen molar-refractivity contribution in [3.63, 3.8) is 0 Å². The molecule has 1 fully saturated rings. The van der Waals surface area contributed by atoms with Crippen molar-refractivity contribution in [2.24, 2.45) is 0 Å². The second kappa shape index (κ2) is 7.09. The smallest absolute Gasteiger partial charge is 0.272 e. The Morgan fingerprint density at radius 2 is 1.95 bits per heavy atom. The first kappa shape index (κ1) is 15.3. The molecule has 5 heteroatoms. The van der Waals surface area contributed by atoms with Gasteiger partial charge in [0.1, 0.15) is 5.75 Å². The number of carbonyl (C=O) groups excluding carboxylic acids is 1. The van der Waals surface area contributed by atoms with Gasteiger partial charge < -0.3 is 4.74 Å². The highest BCUT2D eigenvalue weighted by atomic mass is 16.5. The van der Waals surface area contributed by atoms with Gasteiger partial charge in [0.2, 0.25) is 0 Å². The molecule has 112 valence electrons. The Hall–Kier alpha value is -2.06. The van der Waals surface area contributed by atoms with E-state index in [1.54, 1.807) is 24.3 Å². The summed E-state index contributed by atoms with van der Waals surface area (Å²) in [4.78, 5) is 12.0. The predicted molar refractivity (Wildman–Crippen MR) is 79.4 cm³/mol. The van der Waals surface area contributed by atoms with Crippen molar-refractivity contribution in [1.82, 2.24) is 10.4 Å². The van der Waals surface area contributed by atoms with E-state index in [1.807, 2.05) is 11.1 Å². The van der Waals surface area contributed by atoms with Crippen LogP contribution in [0.5, 0.6) is 5.75 Å². The van der Waals surface area contributed by atoms with Gasteiger partial charge in [-0.2, -0.15) is 5.26 Å². The highest BCUT2D eigenvalue weighted by Crippen LogP contribution is 2.20. The molecule has 1 heterocycles. The average molecular weight is 287 g/mol. The van der Waals surface area contributed by atoms with Crippen molar-refractivity contribution in [3.05, 3.63) is 29.8 Å². The molecule has 1 amide bonds. The first-order valence-electron chi connectivity index (χ1n) is 7.31. The van der Waals surface area contributed by atoms with Crippen molar-refractivity contribution in [3.8, 4) is 11.8 Å². The number of ether oxygens (including phenoxy) is 1. The van der Waals surface area contributed by atoms with Crippen molar-refractivity contribution in [2.75, 3.05) is 6.61 Å². The number of hydrogen-bond acceptors (Lipinski definition) is 4. The van der Waals surface area contributed by atoms with E-state index in [2.05, 4.69) is 19.3 Å². The van der Waals surface area contributed by atoms with E-state index in [4.69, 9.17) is 10.00 Å². The summed E-state index contributed by atoms with van der Waals surface area (Å²) in [5.41, 5.74) is 3.50. The molecule has 0 aromatic heterocycles. The Labute approximate surface area is 125 Å². The molecular formula is C16H21N3O2. The molecule has 0 aliphatic carbocycles. The highest BCUT2D eigenvalue weighted by molar-refractivity contribution is 5.77. The lowest BCUT2D eigenvalue weighted by molar-refractivity contribution is -0.131. The largest absolute Gasteiger partial charge is 0.484 e. The van der Waals surface area contributed by atoms with Gasteiger partial charge in [0.05, 0.1) is 11.6 Å². The minimum atomic E-state index is -0.153. The van der Waals surface area contributed by atoms with E-state index in [9.17, 15) is 4.79 Å². The van der Waals surface area contributed by atoms with Crippen LogP contribution in [0.25, 0.3) is 0 Å². The average Bonchev–Trinajstić information content (AvgIpc) is 2.49. The third kappa shape index (κ3) is 4.20. The molecule has 0 saturated carbocycles. The summed E-state index contributed by atoms with van der Waals surface area (Å²) in [5.74, 6) is 0.434. The Bertz CT molecular complexity index is 511. The van der Waals surface area contributed by atoms with E-state index in [0.29, 0.717) is 23.4 Å². The lowest BCUT2D eigenvalue weighted by atomic mass is 10.00. The Balaban J connectivity index is 1.82. The first-order valence-corrected chi connectivity index (χ1v) is 7.31. The third-order valence-corrected chi connectivity index (χ3v) is 3.80. The van der Waals surface area contributed by atoms with Gasteiger partial charge in [-0.05, 0) is 51.0 Å². The molecule has 0 radical (unpaired) electrons. The second-order valence-electron chi connectivity index (χ2n) is 5.50. The number of nitriles is 1. The standard InChI is InChI=1S/C16H21N3O2/c1-12-4-3-5-13(2)19(12)18-16(20)11-21-15-8-6-14(10-17)7-9-15/h6-9,12-13H,3-5,11H2,1-2H3,(H,18,20)/t12-,13-/m0/s1. The predicted octanol–water partition coefficient (Wildman–Crippen LogP) is 2.23. The van der Waals surface area contributed by atoms with Crippen LogP contribution >= 0.6 is 0 Å².